The largest absolute Gasteiger partial charge is 0.339 e. The van der Waals surface area contributed by atoms with Gasteiger partial charge < -0.3 is 15.5 Å². The van der Waals surface area contributed by atoms with Crippen molar-refractivity contribution in [2.75, 3.05) is 26.2 Å². The molecule has 0 aromatic heterocycles. The van der Waals surface area contributed by atoms with Crippen LogP contribution >= 0.6 is 0 Å². The van der Waals surface area contributed by atoms with Crippen LogP contribution in [0.25, 0.3) is 0 Å². The fourth-order valence-corrected chi connectivity index (χ4v) is 2.11. The van der Waals surface area contributed by atoms with Gasteiger partial charge >= 0.3 is 0 Å². The minimum absolute atomic E-state index is 0.0212. The van der Waals surface area contributed by atoms with E-state index < -0.39 is 6.04 Å². The van der Waals surface area contributed by atoms with Crippen molar-refractivity contribution in [3.8, 4) is 0 Å². The smallest absolute Gasteiger partial charge is 0.239 e. The van der Waals surface area contributed by atoms with E-state index in [1.54, 1.807) is 4.90 Å². The number of amides is 2. The van der Waals surface area contributed by atoms with Crippen LogP contribution in [0.1, 0.15) is 33.6 Å². The quantitative estimate of drug-likeness (QED) is 0.792. The molecule has 2 amide bonds. The second-order valence-electron chi connectivity index (χ2n) is 4.97. The molecule has 0 aromatic rings. The lowest BCUT2D eigenvalue weighted by Crippen LogP contribution is -2.55. The van der Waals surface area contributed by atoms with E-state index in [-0.39, 0.29) is 17.7 Å². The molecule has 0 aliphatic carbocycles. The van der Waals surface area contributed by atoms with Gasteiger partial charge in [-0.25, -0.2) is 0 Å². The lowest BCUT2D eigenvalue weighted by Gasteiger charge is -2.36. The summed E-state index contributed by atoms with van der Waals surface area (Å²) in [6.45, 7) is 8.37. The van der Waals surface area contributed by atoms with Crippen LogP contribution in [0.4, 0.5) is 0 Å². The molecule has 2 atom stereocenters. The number of nitrogens with two attached hydrogens (primary N) is 1. The predicted octanol–water partition coefficient (Wildman–Crippen LogP) is 0.441. The molecule has 1 aliphatic heterocycles. The minimum Gasteiger partial charge on any atom is -0.339 e. The number of carbonyl (C=O) groups is 2. The van der Waals surface area contributed by atoms with Crippen molar-refractivity contribution in [2.45, 2.75) is 39.7 Å². The topological polar surface area (TPSA) is 66.6 Å². The molecule has 0 aromatic carbocycles. The Hall–Kier alpha value is -1.10. The van der Waals surface area contributed by atoms with Crippen molar-refractivity contribution in [3.05, 3.63) is 0 Å². The normalized spacial score (nSPS) is 19.6. The Balaban J connectivity index is 2.47. The maximum atomic E-state index is 12.1. The van der Waals surface area contributed by atoms with Crippen LogP contribution < -0.4 is 5.73 Å². The first-order valence-electron chi connectivity index (χ1n) is 6.83. The highest BCUT2D eigenvalue weighted by atomic mass is 16.2. The molecule has 1 heterocycles. The van der Waals surface area contributed by atoms with Gasteiger partial charge in [-0.05, 0) is 5.92 Å². The third-order valence-corrected chi connectivity index (χ3v) is 3.79. The van der Waals surface area contributed by atoms with Gasteiger partial charge in [-0.15, -0.1) is 0 Å². The van der Waals surface area contributed by atoms with E-state index >= 15 is 0 Å². The Kier molecular flexibility index (Phi) is 5.59. The molecule has 104 valence electrons. The van der Waals surface area contributed by atoms with Crippen LogP contribution in [-0.2, 0) is 9.59 Å². The molecule has 0 spiro atoms. The number of rotatable bonds is 4. The molecule has 1 saturated heterocycles. The number of nitrogens with zero attached hydrogens (tertiary/aromatic N) is 2. The Bertz CT molecular complexity index is 299. The molecule has 1 aliphatic rings. The zero-order valence-corrected chi connectivity index (χ0v) is 11.7. The molecule has 1 unspecified atom stereocenters. The highest BCUT2D eigenvalue weighted by molar-refractivity contribution is 5.82. The summed E-state index contributed by atoms with van der Waals surface area (Å²) in [5.74, 6) is 0.383. The zero-order chi connectivity index (χ0) is 13.7. The Labute approximate surface area is 109 Å². The van der Waals surface area contributed by atoms with Gasteiger partial charge in [0.05, 0.1) is 6.04 Å². The van der Waals surface area contributed by atoms with Crippen LogP contribution in [-0.4, -0.2) is 53.8 Å². The summed E-state index contributed by atoms with van der Waals surface area (Å²) in [6, 6.07) is -0.413. The lowest BCUT2D eigenvalue weighted by molar-refractivity contribution is -0.140. The maximum Gasteiger partial charge on any atom is 0.239 e. The fourth-order valence-electron chi connectivity index (χ4n) is 2.11. The van der Waals surface area contributed by atoms with E-state index in [9.17, 15) is 9.59 Å². The number of carbonyl (C=O) groups excluding carboxylic acids is 2. The van der Waals surface area contributed by atoms with Gasteiger partial charge in [0.2, 0.25) is 11.8 Å². The number of hydrogen-bond donors (Lipinski definition) is 1. The molecule has 0 radical (unpaired) electrons. The standard InChI is InChI=1S/C13H25N3O2/c1-4-10(3)12(14)13(18)16-8-6-15(7-9-16)11(17)5-2/h10,12H,4-9,14H2,1-3H3/t10?,12-/m0/s1. The van der Waals surface area contributed by atoms with Crippen molar-refractivity contribution in [3.63, 3.8) is 0 Å². The third-order valence-electron chi connectivity index (χ3n) is 3.79. The Morgan fingerprint density at radius 1 is 1.11 bits per heavy atom. The maximum absolute atomic E-state index is 12.1. The summed E-state index contributed by atoms with van der Waals surface area (Å²) in [4.78, 5) is 27.3. The number of piperazine rings is 1. The molecule has 1 rings (SSSR count). The van der Waals surface area contributed by atoms with Gasteiger partial charge in [0.1, 0.15) is 0 Å². The van der Waals surface area contributed by atoms with Crippen LogP contribution in [0.5, 0.6) is 0 Å². The van der Waals surface area contributed by atoms with Gasteiger partial charge in [0.15, 0.2) is 0 Å². The first-order valence-corrected chi connectivity index (χ1v) is 6.83. The van der Waals surface area contributed by atoms with Crippen molar-refractivity contribution < 1.29 is 9.59 Å². The molecule has 5 heteroatoms. The van der Waals surface area contributed by atoms with E-state index in [4.69, 9.17) is 5.73 Å². The molecule has 18 heavy (non-hydrogen) atoms. The van der Waals surface area contributed by atoms with E-state index in [2.05, 4.69) is 0 Å². The lowest BCUT2D eigenvalue weighted by atomic mass is 9.98. The van der Waals surface area contributed by atoms with E-state index in [1.165, 1.54) is 0 Å². The molecule has 0 saturated carbocycles. The van der Waals surface area contributed by atoms with Crippen LogP contribution in [0.15, 0.2) is 0 Å². The number of hydrogen-bond acceptors (Lipinski definition) is 3. The highest BCUT2D eigenvalue weighted by Crippen LogP contribution is 2.11. The van der Waals surface area contributed by atoms with Gasteiger partial charge in [0.25, 0.3) is 0 Å². The molecule has 1 fully saturated rings. The summed E-state index contributed by atoms with van der Waals surface area (Å²) in [5.41, 5.74) is 5.95. The van der Waals surface area contributed by atoms with Gasteiger partial charge in [-0.2, -0.15) is 0 Å². The first-order chi connectivity index (χ1) is 8.51. The molecular weight excluding hydrogens is 230 g/mol. The van der Waals surface area contributed by atoms with E-state index in [1.807, 2.05) is 25.7 Å². The summed E-state index contributed by atoms with van der Waals surface area (Å²) < 4.78 is 0. The molecular formula is C13H25N3O2. The van der Waals surface area contributed by atoms with Crippen molar-refractivity contribution in [1.82, 2.24) is 9.80 Å². The Morgan fingerprint density at radius 3 is 2.06 bits per heavy atom. The molecule has 2 N–H and O–H groups in total. The van der Waals surface area contributed by atoms with Crippen molar-refractivity contribution in [2.24, 2.45) is 11.7 Å². The summed E-state index contributed by atoms with van der Waals surface area (Å²) in [7, 11) is 0. The van der Waals surface area contributed by atoms with E-state index in [0.717, 1.165) is 6.42 Å². The molecule has 0 bridgehead atoms. The van der Waals surface area contributed by atoms with Crippen LogP contribution in [0.2, 0.25) is 0 Å². The zero-order valence-electron chi connectivity index (χ0n) is 11.7. The van der Waals surface area contributed by atoms with Gasteiger partial charge in [0, 0.05) is 32.6 Å². The average Bonchev–Trinajstić information content (AvgIpc) is 2.44. The summed E-state index contributed by atoms with van der Waals surface area (Å²) in [6.07, 6.45) is 1.43. The first kappa shape index (κ1) is 15.0. The predicted molar refractivity (Wildman–Crippen MR) is 70.9 cm³/mol. The second-order valence-corrected chi connectivity index (χ2v) is 4.97. The SMILES string of the molecule is CCC(=O)N1CCN(C(=O)[C@@H](N)C(C)CC)CC1. The summed E-state index contributed by atoms with van der Waals surface area (Å²) in [5, 5.41) is 0. The van der Waals surface area contributed by atoms with Crippen LogP contribution in [0, 0.1) is 5.92 Å². The van der Waals surface area contributed by atoms with Crippen LogP contribution in [0.3, 0.4) is 0 Å². The monoisotopic (exact) mass is 255 g/mol. The van der Waals surface area contributed by atoms with E-state index in [0.29, 0.717) is 32.6 Å². The average molecular weight is 255 g/mol. The highest BCUT2D eigenvalue weighted by Gasteiger charge is 2.28. The van der Waals surface area contributed by atoms with Crippen molar-refractivity contribution in [1.29, 1.82) is 0 Å². The van der Waals surface area contributed by atoms with Crippen molar-refractivity contribution >= 4 is 11.8 Å². The van der Waals surface area contributed by atoms with Gasteiger partial charge in [-0.3, -0.25) is 9.59 Å². The second kappa shape index (κ2) is 6.73. The third kappa shape index (κ3) is 3.45. The molecule has 5 nitrogen and oxygen atoms in total. The summed E-state index contributed by atoms with van der Waals surface area (Å²) >= 11 is 0. The Morgan fingerprint density at radius 2 is 1.61 bits per heavy atom. The minimum atomic E-state index is -0.413. The fraction of sp³-hybridized carbons (Fsp3) is 0.846. The van der Waals surface area contributed by atoms with Gasteiger partial charge in [-0.1, -0.05) is 27.2 Å².